The van der Waals surface area contributed by atoms with Crippen molar-refractivity contribution in [3.63, 3.8) is 0 Å². The highest BCUT2D eigenvalue weighted by molar-refractivity contribution is 5.92. The van der Waals surface area contributed by atoms with Crippen LogP contribution in [-0.2, 0) is 4.74 Å². The molecule has 0 saturated carbocycles. The molecule has 0 atom stereocenters. The van der Waals surface area contributed by atoms with Crippen LogP contribution in [0.25, 0.3) is 0 Å². The van der Waals surface area contributed by atoms with E-state index in [1.165, 1.54) is 5.56 Å². The van der Waals surface area contributed by atoms with Gasteiger partial charge < -0.3 is 15.8 Å². The molecular weight excluding hydrogens is 262 g/mol. The fourth-order valence-corrected chi connectivity index (χ4v) is 1.85. The number of nitrogens with one attached hydrogen (secondary N) is 1. The van der Waals surface area contributed by atoms with Crippen LogP contribution >= 0.6 is 0 Å². The predicted molar refractivity (Wildman–Crippen MR) is 90.9 cm³/mol. The van der Waals surface area contributed by atoms with Gasteiger partial charge in [0.15, 0.2) is 5.96 Å². The summed E-state index contributed by atoms with van der Waals surface area (Å²) in [5, 5.41) is 3.13. The number of benzene rings is 1. The highest BCUT2D eigenvalue weighted by atomic mass is 16.5. The van der Waals surface area contributed by atoms with Crippen molar-refractivity contribution in [1.82, 2.24) is 0 Å². The van der Waals surface area contributed by atoms with Crippen LogP contribution in [0.4, 0.5) is 5.69 Å². The molecule has 0 aliphatic carbocycles. The van der Waals surface area contributed by atoms with Crippen molar-refractivity contribution in [3.8, 4) is 0 Å². The minimum Gasteiger partial charge on any atom is -0.381 e. The third-order valence-corrected chi connectivity index (χ3v) is 3.01. The normalized spacial score (nSPS) is 12.2. The standard InChI is InChI=1S/C17H29N3O/c1-13(2)12-21-10-6-9-19-17(18)20-16-8-5-7-15(11-16)14(3)4/h5,7-8,11,13-14H,6,9-10,12H2,1-4H3,(H3,18,19,20). The number of hydrogen-bond acceptors (Lipinski definition) is 2. The maximum atomic E-state index is 5.89. The summed E-state index contributed by atoms with van der Waals surface area (Å²) in [6, 6.07) is 8.26. The van der Waals surface area contributed by atoms with E-state index in [1.54, 1.807) is 0 Å². The number of guanidine groups is 1. The Morgan fingerprint density at radius 2 is 2.05 bits per heavy atom. The summed E-state index contributed by atoms with van der Waals surface area (Å²) in [7, 11) is 0. The van der Waals surface area contributed by atoms with E-state index in [0.717, 1.165) is 25.3 Å². The molecule has 0 radical (unpaired) electrons. The van der Waals surface area contributed by atoms with Crippen LogP contribution < -0.4 is 11.1 Å². The lowest BCUT2D eigenvalue weighted by Gasteiger charge is -2.10. The quantitative estimate of drug-likeness (QED) is 0.437. The van der Waals surface area contributed by atoms with Gasteiger partial charge in [-0.25, -0.2) is 0 Å². The fourth-order valence-electron chi connectivity index (χ4n) is 1.85. The summed E-state index contributed by atoms with van der Waals surface area (Å²) in [4.78, 5) is 4.31. The second-order valence-corrected chi connectivity index (χ2v) is 5.99. The number of rotatable bonds is 8. The average Bonchev–Trinajstić information content (AvgIpc) is 2.42. The topological polar surface area (TPSA) is 59.6 Å². The van der Waals surface area contributed by atoms with Crippen LogP contribution in [0.1, 0.15) is 45.6 Å². The smallest absolute Gasteiger partial charge is 0.193 e. The van der Waals surface area contributed by atoms with Gasteiger partial charge in [0, 0.05) is 25.4 Å². The average molecular weight is 291 g/mol. The summed E-state index contributed by atoms with van der Waals surface area (Å²) in [5.41, 5.74) is 8.16. The van der Waals surface area contributed by atoms with Crippen molar-refractivity contribution < 1.29 is 4.74 Å². The molecule has 0 unspecified atom stereocenters. The van der Waals surface area contributed by atoms with Gasteiger partial charge in [-0.05, 0) is 36.0 Å². The van der Waals surface area contributed by atoms with Crippen molar-refractivity contribution >= 4 is 11.6 Å². The first kappa shape index (κ1) is 17.5. The van der Waals surface area contributed by atoms with Crippen LogP contribution in [0, 0.1) is 5.92 Å². The van der Waals surface area contributed by atoms with Gasteiger partial charge in [0.2, 0.25) is 0 Å². The molecule has 118 valence electrons. The van der Waals surface area contributed by atoms with E-state index in [9.17, 15) is 0 Å². The van der Waals surface area contributed by atoms with Crippen molar-refractivity contribution in [2.45, 2.75) is 40.0 Å². The lowest BCUT2D eigenvalue weighted by molar-refractivity contribution is 0.109. The lowest BCUT2D eigenvalue weighted by atomic mass is 10.0. The number of aliphatic imine (C=N–C) groups is 1. The van der Waals surface area contributed by atoms with E-state index < -0.39 is 0 Å². The Hall–Kier alpha value is -1.55. The lowest BCUT2D eigenvalue weighted by Crippen LogP contribution is -2.23. The zero-order valence-electron chi connectivity index (χ0n) is 13.7. The van der Waals surface area contributed by atoms with Crippen molar-refractivity contribution in [3.05, 3.63) is 29.8 Å². The van der Waals surface area contributed by atoms with E-state index in [2.05, 4.69) is 50.1 Å². The van der Waals surface area contributed by atoms with Gasteiger partial charge in [0.25, 0.3) is 0 Å². The van der Waals surface area contributed by atoms with Crippen LogP contribution in [0.3, 0.4) is 0 Å². The van der Waals surface area contributed by atoms with E-state index in [1.807, 2.05) is 12.1 Å². The van der Waals surface area contributed by atoms with Gasteiger partial charge in [-0.15, -0.1) is 0 Å². The molecule has 4 heteroatoms. The number of anilines is 1. The minimum absolute atomic E-state index is 0.458. The molecule has 0 aromatic heterocycles. The summed E-state index contributed by atoms with van der Waals surface area (Å²) in [6.07, 6.45) is 0.890. The molecule has 0 amide bonds. The maximum absolute atomic E-state index is 5.89. The number of nitrogens with two attached hydrogens (primary N) is 1. The van der Waals surface area contributed by atoms with Gasteiger partial charge in [-0.2, -0.15) is 0 Å². The molecule has 0 saturated heterocycles. The van der Waals surface area contributed by atoms with Crippen LogP contribution in [0.5, 0.6) is 0 Å². The summed E-state index contributed by atoms with van der Waals surface area (Å²) in [6.45, 7) is 10.9. The van der Waals surface area contributed by atoms with Gasteiger partial charge in [-0.3, -0.25) is 4.99 Å². The Morgan fingerprint density at radius 1 is 1.29 bits per heavy atom. The molecule has 0 aliphatic heterocycles. The van der Waals surface area contributed by atoms with Crippen molar-refractivity contribution in [1.29, 1.82) is 0 Å². The van der Waals surface area contributed by atoms with E-state index >= 15 is 0 Å². The molecule has 1 aromatic carbocycles. The van der Waals surface area contributed by atoms with E-state index in [4.69, 9.17) is 10.5 Å². The molecule has 4 nitrogen and oxygen atoms in total. The molecular formula is C17H29N3O. The fraction of sp³-hybridized carbons (Fsp3) is 0.588. The molecule has 1 rings (SSSR count). The molecule has 1 aromatic rings. The van der Waals surface area contributed by atoms with Crippen LogP contribution in [-0.4, -0.2) is 25.7 Å². The molecule has 0 spiro atoms. The summed E-state index contributed by atoms with van der Waals surface area (Å²) < 4.78 is 5.51. The number of ether oxygens (including phenoxy) is 1. The van der Waals surface area contributed by atoms with Crippen LogP contribution in [0.15, 0.2) is 29.3 Å². The monoisotopic (exact) mass is 291 g/mol. The largest absolute Gasteiger partial charge is 0.381 e. The van der Waals surface area contributed by atoms with Gasteiger partial charge in [0.05, 0.1) is 0 Å². The van der Waals surface area contributed by atoms with Crippen LogP contribution in [0.2, 0.25) is 0 Å². The Bertz CT molecular complexity index is 441. The minimum atomic E-state index is 0.458. The van der Waals surface area contributed by atoms with E-state index in [-0.39, 0.29) is 0 Å². The Kier molecular flexibility index (Phi) is 7.83. The molecule has 0 bridgehead atoms. The summed E-state index contributed by atoms with van der Waals surface area (Å²) >= 11 is 0. The molecule has 3 N–H and O–H groups in total. The zero-order valence-corrected chi connectivity index (χ0v) is 13.7. The number of hydrogen-bond donors (Lipinski definition) is 2. The van der Waals surface area contributed by atoms with E-state index in [0.29, 0.717) is 24.3 Å². The Labute approximate surface area is 128 Å². The SMILES string of the molecule is CC(C)COCCCN=C(N)Nc1cccc(C(C)C)c1. The summed E-state index contributed by atoms with van der Waals surface area (Å²) in [5.74, 6) is 1.54. The van der Waals surface area contributed by atoms with Gasteiger partial charge in [-0.1, -0.05) is 39.8 Å². The second kappa shape index (κ2) is 9.40. The first-order valence-corrected chi connectivity index (χ1v) is 7.73. The first-order chi connectivity index (χ1) is 9.99. The molecule has 0 aliphatic rings. The first-order valence-electron chi connectivity index (χ1n) is 7.73. The Balaban J connectivity index is 2.33. The Morgan fingerprint density at radius 3 is 2.71 bits per heavy atom. The molecule has 0 fully saturated rings. The molecule has 0 heterocycles. The van der Waals surface area contributed by atoms with Crippen molar-refractivity contribution in [2.75, 3.05) is 25.1 Å². The maximum Gasteiger partial charge on any atom is 0.193 e. The second-order valence-electron chi connectivity index (χ2n) is 5.99. The third-order valence-electron chi connectivity index (χ3n) is 3.01. The number of nitrogens with zero attached hydrogens (tertiary/aromatic N) is 1. The van der Waals surface area contributed by atoms with Gasteiger partial charge in [0.1, 0.15) is 0 Å². The predicted octanol–water partition coefficient (Wildman–Crippen LogP) is 3.60. The highest BCUT2D eigenvalue weighted by Gasteiger charge is 2.01. The zero-order chi connectivity index (χ0) is 15.7. The highest BCUT2D eigenvalue weighted by Crippen LogP contribution is 2.18. The molecule has 21 heavy (non-hydrogen) atoms. The van der Waals surface area contributed by atoms with Crippen molar-refractivity contribution in [2.24, 2.45) is 16.6 Å². The third kappa shape index (κ3) is 7.71. The van der Waals surface area contributed by atoms with Gasteiger partial charge >= 0.3 is 0 Å².